The Hall–Kier alpha value is -3.07. The summed E-state index contributed by atoms with van der Waals surface area (Å²) in [5.74, 6) is 0.343. The Balaban J connectivity index is 1.46. The molecule has 2 nitrogen and oxygen atoms in total. The Kier molecular flexibility index (Phi) is 9.22. The molecule has 0 saturated heterocycles. The van der Waals surface area contributed by atoms with E-state index in [1.165, 1.54) is 16.7 Å². The number of rotatable bonds is 10. The molecule has 184 valence electrons. The molecule has 2 atom stereocenters. The summed E-state index contributed by atoms with van der Waals surface area (Å²) in [6, 6.07) is 36.6. The molecule has 0 unspecified atom stereocenters. The van der Waals surface area contributed by atoms with Crippen molar-refractivity contribution in [3.63, 3.8) is 0 Å². The van der Waals surface area contributed by atoms with E-state index in [0.29, 0.717) is 11.4 Å². The minimum Gasteiger partial charge on any atom is -0.353 e. The number of hydrogen-bond donors (Lipinski definition) is 1. The average molecular weight is 517 g/mol. The largest absolute Gasteiger partial charge is 0.353 e. The smallest absolute Gasteiger partial charge is 0.220 e. The highest BCUT2D eigenvalue weighted by molar-refractivity contribution is 6.30. The van der Waals surface area contributed by atoms with Gasteiger partial charge in [-0.05, 0) is 66.3 Å². The van der Waals surface area contributed by atoms with Crippen molar-refractivity contribution in [1.82, 2.24) is 5.32 Å². The number of nitrogens with one attached hydrogen (secondary N) is 1. The van der Waals surface area contributed by atoms with Crippen LogP contribution < -0.4 is 5.32 Å². The van der Waals surface area contributed by atoms with Crippen LogP contribution in [0.3, 0.4) is 0 Å². The van der Waals surface area contributed by atoms with Gasteiger partial charge < -0.3 is 5.32 Å². The zero-order valence-electron chi connectivity index (χ0n) is 20.4. The van der Waals surface area contributed by atoms with Crippen molar-refractivity contribution in [3.8, 4) is 0 Å². The quantitative estimate of drug-likeness (QED) is 0.225. The summed E-state index contributed by atoms with van der Waals surface area (Å²) in [6.07, 6.45) is 1.99. The second-order valence-corrected chi connectivity index (χ2v) is 10.1. The van der Waals surface area contributed by atoms with Gasteiger partial charge in [-0.3, -0.25) is 4.79 Å². The maximum atomic E-state index is 13.2. The van der Waals surface area contributed by atoms with Crippen molar-refractivity contribution in [1.29, 1.82) is 0 Å². The van der Waals surface area contributed by atoms with Gasteiger partial charge in [0.25, 0.3) is 0 Å². The molecule has 4 aromatic rings. The lowest BCUT2D eigenvalue weighted by Gasteiger charge is -2.26. The van der Waals surface area contributed by atoms with E-state index in [1.807, 2.05) is 60.7 Å². The Labute approximate surface area is 224 Å². The number of carbonyl (C=O) groups is 1. The molecule has 0 aliphatic heterocycles. The lowest BCUT2D eigenvalue weighted by molar-refractivity contribution is -0.122. The third-order valence-electron chi connectivity index (χ3n) is 6.72. The van der Waals surface area contributed by atoms with Crippen LogP contribution in [0.2, 0.25) is 10.0 Å². The van der Waals surface area contributed by atoms with Gasteiger partial charge in [0.05, 0.1) is 0 Å². The van der Waals surface area contributed by atoms with E-state index in [1.54, 1.807) is 0 Å². The normalized spacial score (nSPS) is 12.8. The summed E-state index contributed by atoms with van der Waals surface area (Å²) >= 11 is 12.2. The second kappa shape index (κ2) is 12.8. The van der Waals surface area contributed by atoms with E-state index in [-0.39, 0.29) is 23.8 Å². The minimum absolute atomic E-state index is 0.0544. The number of halogens is 2. The Morgan fingerprint density at radius 2 is 1.19 bits per heavy atom. The Bertz CT molecular complexity index is 1190. The lowest BCUT2D eigenvalue weighted by atomic mass is 9.86. The maximum Gasteiger partial charge on any atom is 0.220 e. The van der Waals surface area contributed by atoms with Crippen LogP contribution in [-0.4, -0.2) is 11.9 Å². The number of amides is 1. The zero-order chi connectivity index (χ0) is 25.3. The van der Waals surface area contributed by atoms with Crippen molar-refractivity contribution in [2.45, 2.75) is 44.1 Å². The van der Waals surface area contributed by atoms with Gasteiger partial charge in [0.1, 0.15) is 0 Å². The van der Waals surface area contributed by atoms with E-state index in [4.69, 9.17) is 23.2 Å². The monoisotopic (exact) mass is 515 g/mol. The summed E-state index contributed by atoms with van der Waals surface area (Å²) in [5.41, 5.74) is 4.78. The molecule has 4 heteroatoms. The molecule has 0 aromatic heterocycles. The first-order valence-electron chi connectivity index (χ1n) is 12.4. The Morgan fingerprint density at radius 3 is 1.72 bits per heavy atom. The first kappa shape index (κ1) is 26.0. The molecule has 4 rings (SSSR count). The molecule has 0 fully saturated rings. The highest BCUT2D eigenvalue weighted by Crippen LogP contribution is 2.30. The fourth-order valence-electron chi connectivity index (χ4n) is 4.77. The maximum absolute atomic E-state index is 13.2. The van der Waals surface area contributed by atoms with Crippen LogP contribution in [0.5, 0.6) is 0 Å². The average Bonchev–Trinajstić information content (AvgIpc) is 2.90. The highest BCUT2D eigenvalue weighted by atomic mass is 35.5. The first-order valence-corrected chi connectivity index (χ1v) is 13.1. The molecule has 1 amide bonds. The predicted octanol–water partition coefficient (Wildman–Crippen LogP) is 8.44. The van der Waals surface area contributed by atoms with Gasteiger partial charge in [0.2, 0.25) is 5.91 Å². The standard InChI is InChI=1S/C32H31Cl2NO/c1-23(31(27-14-18-29(34)19-15-27)22-24-12-16-28(33)17-13-24)35-32(36)21-20-30(25-8-4-2-5-9-25)26-10-6-3-7-11-26/h2-19,23,30-31H,20-22H2,1H3,(H,35,36)/t23-,31+/m1/s1. The van der Waals surface area contributed by atoms with Gasteiger partial charge in [-0.25, -0.2) is 0 Å². The van der Waals surface area contributed by atoms with Gasteiger partial charge in [-0.1, -0.05) is 108 Å². The molecule has 0 heterocycles. The summed E-state index contributed by atoms with van der Waals surface area (Å²) in [7, 11) is 0. The van der Waals surface area contributed by atoms with Crippen LogP contribution in [0, 0.1) is 0 Å². The molecule has 4 aromatic carbocycles. The molecule has 0 radical (unpaired) electrons. The van der Waals surface area contributed by atoms with Gasteiger partial charge in [-0.2, -0.15) is 0 Å². The minimum atomic E-state index is -0.0544. The molecular weight excluding hydrogens is 485 g/mol. The number of carbonyl (C=O) groups excluding carboxylic acids is 1. The lowest BCUT2D eigenvalue weighted by Crippen LogP contribution is -2.38. The summed E-state index contributed by atoms with van der Waals surface area (Å²) in [5, 5.41) is 4.70. The van der Waals surface area contributed by atoms with Crippen LogP contribution in [0.4, 0.5) is 0 Å². The summed E-state index contributed by atoms with van der Waals surface area (Å²) in [6.45, 7) is 2.08. The van der Waals surface area contributed by atoms with Crippen molar-refractivity contribution in [3.05, 3.63) is 141 Å². The molecule has 0 spiro atoms. The third kappa shape index (κ3) is 7.22. The molecule has 0 aliphatic carbocycles. The molecule has 0 bridgehead atoms. The molecular formula is C32H31Cl2NO. The third-order valence-corrected chi connectivity index (χ3v) is 7.23. The van der Waals surface area contributed by atoms with Crippen LogP contribution in [0.25, 0.3) is 0 Å². The van der Waals surface area contributed by atoms with Crippen LogP contribution in [-0.2, 0) is 11.2 Å². The topological polar surface area (TPSA) is 29.1 Å². The van der Waals surface area contributed by atoms with Gasteiger partial charge in [0, 0.05) is 34.3 Å². The van der Waals surface area contributed by atoms with Crippen molar-refractivity contribution >= 4 is 29.1 Å². The van der Waals surface area contributed by atoms with Gasteiger partial charge >= 0.3 is 0 Å². The van der Waals surface area contributed by atoms with Gasteiger partial charge in [0.15, 0.2) is 0 Å². The molecule has 1 N–H and O–H groups in total. The fraction of sp³-hybridized carbons (Fsp3) is 0.219. The predicted molar refractivity (Wildman–Crippen MR) is 151 cm³/mol. The molecule has 0 saturated carbocycles. The summed E-state index contributed by atoms with van der Waals surface area (Å²) in [4.78, 5) is 13.2. The summed E-state index contributed by atoms with van der Waals surface area (Å²) < 4.78 is 0. The molecule has 36 heavy (non-hydrogen) atoms. The fourth-order valence-corrected chi connectivity index (χ4v) is 5.02. The first-order chi connectivity index (χ1) is 17.5. The van der Waals surface area contributed by atoms with E-state index in [0.717, 1.165) is 23.4 Å². The van der Waals surface area contributed by atoms with E-state index in [2.05, 4.69) is 60.8 Å². The van der Waals surface area contributed by atoms with E-state index in [9.17, 15) is 4.79 Å². The van der Waals surface area contributed by atoms with Crippen molar-refractivity contribution < 1.29 is 4.79 Å². The Morgan fingerprint density at radius 1 is 0.694 bits per heavy atom. The van der Waals surface area contributed by atoms with Crippen molar-refractivity contribution in [2.24, 2.45) is 0 Å². The number of benzene rings is 4. The van der Waals surface area contributed by atoms with Crippen LogP contribution >= 0.6 is 23.2 Å². The SMILES string of the molecule is C[C@@H](NC(=O)CCC(c1ccccc1)c1ccccc1)[C@H](Cc1ccc(Cl)cc1)c1ccc(Cl)cc1. The highest BCUT2D eigenvalue weighted by Gasteiger charge is 2.23. The number of hydrogen-bond acceptors (Lipinski definition) is 1. The van der Waals surface area contributed by atoms with Crippen molar-refractivity contribution in [2.75, 3.05) is 0 Å². The van der Waals surface area contributed by atoms with Gasteiger partial charge in [-0.15, -0.1) is 0 Å². The van der Waals surface area contributed by atoms with E-state index < -0.39 is 0 Å². The molecule has 0 aliphatic rings. The second-order valence-electron chi connectivity index (χ2n) is 9.26. The van der Waals surface area contributed by atoms with Crippen LogP contribution in [0.1, 0.15) is 53.9 Å². The van der Waals surface area contributed by atoms with E-state index >= 15 is 0 Å². The zero-order valence-corrected chi connectivity index (χ0v) is 21.9. The van der Waals surface area contributed by atoms with Crippen LogP contribution in [0.15, 0.2) is 109 Å².